The van der Waals surface area contributed by atoms with Crippen LogP contribution in [-0.4, -0.2) is 67.7 Å². The van der Waals surface area contributed by atoms with Crippen molar-refractivity contribution >= 4 is 46.2 Å². The highest BCUT2D eigenvalue weighted by Gasteiger charge is 2.19. The van der Waals surface area contributed by atoms with Gasteiger partial charge in [0.2, 0.25) is 11.0 Å². The average molecular weight is 376 g/mol. The molecule has 0 radical (unpaired) electrons. The number of carboxylic acids is 2. The van der Waals surface area contributed by atoms with Crippen LogP contribution in [0.3, 0.4) is 0 Å². The molecule has 0 aromatic rings. The van der Waals surface area contributed by atoms with Crippen LogP contribution >= 0.6 is 11.8 Å². The van der Waals surface area contributed by atoms with E-state index in [-0.39, 0.29) is 24.3 Å². The van der Waals surface area contributed by atoms with Gasteiger partial charge in [0.1, 0.15) is 12.1 Å². The van der Waals surface area contributed by atoms with E-state index in [9.17, 15) is 24.0 Å². The fourth-order valence-electron chi connectivity index (χ4n) is 1.41. The Balaban J connectivity index is 4.97. The summed E-state index contributed by atoms with van der Waals surface area (Å²) in [6.07, 6.45) is -2.65. The number of aliphatic hydroxyl groups is 1. The SMILES string of the molecule is C[C@H](O)C(=O)SC/C(=N\C(=O)CC[C@H](N)C(=O)O)C(=O)CCC(=O)O. The van der Waals surface area contributed by atoms with Crippen molar-refractivity contribution in [3.05, 3.63) is 0 Å². The molecule has 0 bridgehead atoms. The first kappa shape index (κ1) is 22.9. The van der Waals surface area contributed by atoms with E-state index in [0.717, 1.165) is 0 Å². The van der Waals surface area contributed by atoms with Crippen LogP contribution in [0.15, 0.2) is 4.99 Å². The first-order valence-electron chi connectivity index (χ1n) is 7.23. The molecule has 0 aromatic carbocycles. The molecule has 5 N–H and O–H groups in total. The molecule has 10 nitrogen and oxygen atoms in total. The summed E-state index contributed by atoms with van der Waals surface area (Å²) in [6, 6.07) is -1.25. The second-order valence-electron chi connectivity index (χ2n) is 5.04. The molecule has 1 amide bonds. The minimum Gasteiger partial charge on any atom is -0.481 e. The number of aliphatic imine (C=N–C) groups is 1. The largest absolute Gasteiger partial charge is 0.481 e. The number of hydrogen-bond donors (Lipinski definition) is 4. The Labute approximate surface area is 147 Å². The zero-order valence-electron chi connectivity index (χ0n) is 13.5. The molecule has 0 saturated carbocycles. The summed E-state index contributed by atoms with van der Waals surface area (Å²) in [5, 5.41) is 25.7. The summed E-state index contributed by atoms with van der Waals surface area (Å²) in [5.41, 5.74) is 4.95. The Morgan fingerprint density at radius 3 is 2.16 bits per heavy atom. The van der Waals surface area contributed by atoms with Gasteiger partial charge in [-0.1, -0.05) is 11.8 Å². The lowest BCUT2D eigenvalue weighted by Crippen LogP contribution is -2.30. The fraction of sp³-hybridized carbons (Fsp3) is 0.571. The Hall–Kier alpha value is -2.11. The van der Waals surface area contributed by atoms with Crippen LogP contribution in [-0.2, 0) is 24.0 Å². The second-order valence-corrected chi connectivity index (χ2v) is 6.02. The highest BCUT2D eigenvalue weighted by atomic mass is 32.2. The van der Waals surface area contributed by atoms with Crippen LogP contribution < -0.4 is 5.73 Å². The summed E-state index contributed by atoms with van der Waals surface area (Å²) in [6.45, 7) is 1.23. The number of aliphatic carboxylic acids is 2. The zero-order chi connectivity index (χ0) is 19.6. The predicted octanol–water partition coefficient (Wildman–Crippen LogP) is -0.779. The van der Waals surface area contributed by atoms with Crippen LogP contribution in [0.2, 0.25) is 0 Å². The molecule has 0 rings (SSSR count). The van der Waals surface area contributed by atoms with Crippen molar-refractivity contribution < 1.29 is 39.3 Å². The lowest BCUT2D eigenvalue weighted by atomic mass is 10.1. The van der Waals surface area contributed by atoms with Gasteiger partial charge in [-0.25, -0.2) is 4.99 Å². The van der Waals surface area contributed by atoms with Crippen LogP contribution in [0.25, 0.3) is 0 Å². The summed E-state index contributed by atoms with van der Waals surface area (Å²) < 4.78 is 0. The Bertz CT molecular complexity index is 573. The maximum Gasteiger partial charge on any atom is 0.320 e. The van der Waals surface area contributed by atoms with Crippen LogP contribution in [0.1, 0.15) is 32.6 Å². The van der Waals surface area contributed by atoms with Crippen LogP contribution in [0, 0.1) is 0 Å². The van der Waals surface area contributed by atoms with Crippen molar-refractivity contribution in [1.82, 2.24) is 0 Å². The number of carbonyl (C=O) groups excluding carboxylic acids is 3. The molecular formula is C14H20N2O8S. The Morgan fingerprint density at radius 2 is 1.68 bits per heavy atom. The van der Waals surface area contributed by atoms with E-state index in [1.54, 1.807) is 0 Å². The van der Waals surface area contributed by atoms with E-state index in [0.29, 0.717) is 11.8 Å². The number of thioether (sulfide) groups is 1. The molecule has 2 atom stereocenters. The van der Waals surface area contributed by atoms with Gasteiger partial charge in [-0.2, -0.15) is 0 Å². The maximum absolute atomic E-state index is 12.0. The monoisotopic (exact) mass is 376 g/mol. The molecular weight excluding hydrogens is 356 g/mol. The van der Waals surface area contributed by atoms with Crippen molar-refractivity contribution in [2.24, 2.45) is 10.7 Å². The number of amides is 1. The number of carbonyl (C=O) groups is 5. The van der Waals surface area contributed by atoms with Gasteiger partial charge in [-0.3, -0.25) is 24.0 Å². The Kier molecular flexibility index (Phi) is 10.5. The molecule has 0 saturated heterocycles. The molecule has 11 heteroatoms. The first-order chi connectivity index (χ1) is 11.5. The predicted molar refractivity (Wildman–Crippen MR) is 88.3 cm³/mol. The van der Waals surface area contributed by atoms with E-state index in [2.05, 4.69) is 4.99 Å². The average Bonchev–Trinajstić information content (AvgIpc) is 2.53. The summed E-state index contributed by atoms with van der Waals surface area (Å²) in [5.74, 6) is -4.32. The molecule has 0 heterocycles. The molecule has 25 heavy (non-hydrogen) atoms. The van der Waals surface area contributed by atoms with Crippen molar-refractivity contribution in [2.45, 2.75) is 44.8 Å². The smallest absolute Gasteiger partial charge is 0.320 e. The summed E-state index contributed by atoms with van der Waals surface area (Å²) in [4.78, 5) is 59.8. The number of Topliss-reactive ketones (excluding diaryl/α,β-unsaturated/α-hetero) is 1. The third-order valence-electron chi connectivity index (χ3n) is 2.83. The molecule has 0 unspecified atom stereocenters. The third-order valence-corrected chi connectivity index (χ3v) is 3.87. The van der Waals surface area contributed by atoms with Crippen molar-refractivity contribution in [3.63, 3.8) is 0 Å². The van der Waals surface area contributed by atoms with Gasteiger partial charge in [0.25, 0.3) is 0 Å². The number of carboxylic acid groups (broad SMARTS) is 2. The van der Waals surface area contributed by atoms with Gasteiger partial charge >= 0.3 is 11.9 Å². The van der Waals surface area contributed by atoms with Crippen molar-refractivity contribution in [1.29, 1.82) is 0 Å². The van der Waals surface area contributed by atoms with Gasteiger partial charge in [0.15, 0.2) is 5.78 Å². The zero-order valence-corrected chi connectivity index (χ0v) is 14.3. The number of aliphatic hydroxyl groups excluding tert-OH is 1. The Morgan fingerprint density at radius 1 is 1.08 bits per heavy atom. The molecule has 0 aromatic heterocycles. The van der Waals surface area contributed by atoms with E-state index >= 15 is 0 Å². The molecule has 0 spiro atoms. The molecule has 0 fully saturated rings. The molecule has 0 aliphatic carbocycles. The van der Waals surface area contributed by atoms with E-state index in [4.69, 9.17) is 21.1 Å². The number of nitrogens with two attached hydrogens (primary N) is 1. The lowest BCUT2D eigenvalue weighted by molar-refractivity contribution is -0.139. The van der Waals surface area contributed by atoms with Crippen molar-refractivity contribution in [3.8, 4) is 0 Å². The van der Waals surface area contributed by atoms with Crippen LogP contribution in [0.5, 0.6) is 0 Å². The molecule has 0 aliphatic heterocycles. The molecule has 0 aliphatic rings. The van der Waals surface area contributed by atoms with Gasteiger partial charge in [-0.15, -0.1) is 0 Å². The number of ketones is 1. The lowest BCUT2D eigenvalue weighted by Gasteiger charge is -2.07. The van der Waals surface area contributed by atoms with Crippen molar-refractivity contribution in [2.75, 3.05) is 5.75 Å². The standard InChI is InChI=1S/C14H20N2O8S/c1-7(17)14(24)25-6-9(10(18)3-5-12(20)21)16-11(19)4-2-8(15)13(22)23/h7-8,17H,2-6,15H2,1H3,(H,20,21)(H,22,23)/b16-9+/t7-,8-/m0/s1. The van der Waals surface area contributed by atoms with Gasteiger partial charge in [-0.05, 0) is 13.3 Å². The van der Waals surface area contributed by atoms with Gasteiger partial charge in [0, 0.05) is 18.6 Å². The first-order valence-corrected chi connectivity index (χ1v) is 8.21. The number of nitrogens with zero attached hydrogens (tertiary/aromatic N) is 1. The topological polar surface area (TPSA) is 184 Å². The minimum atomic E-state index is -1.28. The highest BCUT2D eigenvalue weighted by Crippen LogP contribution is 2.09. The number of rotatable bonds is 11. The van der Waals surface area contributed by atoms with E-state index in [1.807, 2.05) is 0 Å². The summed E-state index contributed by atoms with van der Waals surface area (Å²) >= 11 is 0.567. The van der Waals surface area contributed by atoms with E-state index < -0.39 is 53.7 Å². The maximum atomic E-state index is 12.0. The number of hydrogen-bond acceptors (Lipinski definition) is 8. The van der Waals surface area contributed by atoms with Crippen LogP contribution in [0.4, 0.5) is 0 Å². The van der Waals surface area contributed by atoms with Gasteiger partial charge in [0.05, 0.1) is 12.1 Å². The third kappa shape index (κ3) is 10.4. The van der Waals surface area contributed by atoms with E-state index in [1.165, 1.54) is 6.92 Å². The molecule has 140 valence electrons. The fourth-order valence-corrected chi connectivity index (χ4v) is 2.15. The normalized spacial score (nSPS) is 13.8. The van der Waals surface area contributed by atoms with Gasteiger partial charge < -0.3 is 21.1 Å². The highest BCUT2D eigenvalue weighted by molar-refractivity contribution is 8.14. The quantitative estimate of drug-likeness (QED) is 0.333. The second kappa shape index (κ2) is 11.4. The summed E-state index contributed by atoms with van der Waals surface area (Å²) in [7, 11) is 0. The minimum absolute atomic E-state index is 0.186.